The molecule has 1 saturated heterocycles. The normalized spacial score (nSPS) is 31.3. The largest absolute Gasteiger partial charge is 0.463 e. The van der Waals surface area contributed by atoms with Crippen LogP contribution in [0.15, 0.2) is 11.6 Å². The number of rotatable bonds is 2. The van der Waals surface area contributed by atoms with Crippen LogP contribution >= 0.6 is 0 Å². The number of hydrogen-bond donors (Lipinski definition) is 1. The van der Waals surface area contributed by atoms with Gasteiger partial charge in [-0.3, -0.25) is 0 Å². The number of fused-ring (bicyclic) bond motifs is 1. The van der Waals surface area contributed by atoms with Crippen molar-refractivity contribution in [2.75, 3.05) is 19.7 Å². The molecular formula is C10H15NO2. The van der Waals surface area contributed by atoms with E-state index in [1.54, 1.807) is 0 Å². The molecule has 0 spiro atoms. The first-order chi connectivity index (χ1) is 6.31. The molecule has 1 fully saturated rings. The molecule has 3 nitrogen and oxygen atoms in total. The van der Waals surface area contributed by atoms with Crippen LogP contribution in [0, 0.1) is 11.8 Å². The van der Waals surface area contributed by atoms with Gasteiger partial charge in [0.1, 0.15) is 0 Å². The van der Waals surface area contributed by atoms with Gasteiger partial charge >= 0.3 is 5.97 Å². The highest BCUT2D eigenvalue weighted by atomic mass is 16.5. The Hall–Kier alpha value is -0.830. The van der Waals surface area contributed by atoms with Gasteiger partial charge in [0.15, 0.2) is 0 Å². The number of esters is 1. The third-order valence-corrected chi connectivity index (χ3v) is 2.83. The summed E-state index contributed by atoms with van der Waals surface area (Å²) in [6, 6.07) is 0. The Morgan fingerprint density at radius 2 is 2.54 bits per heavy atom. The summed E-state index contributed by atoms with van der Waals surface area (Å²) in [5.74, 6) is 1.09. The van der Waals surface area contributed by atoms with Crippen LogP contribution in [0.4, 0.5) is 0 Å². The molecule has 0 aromatic carbocycles. The van der Waals surface area contributed by atoms with Crippen molar-refractivity contribution in [1.29, 1.82) is 0 Å². The molecule has 0 amide bonds. The number of carbonyl (C=O) groups excluding carboxylic acids is 1. The van der Waals surface area contributed by atoms with E-state index >= 15 is 0 Å². The molecule has 2 aliphatic rings. The molecule has 0 aromatic heterocycles. The minimum atomic E-state index is -0.114. The summed E-state index contributed by atoms with van der Waals surface area (Å²) in [7, 11) is 0. The van der Waals surface area contributed by atoms with E-state index in [0.29, 0.717) is 18.4 Å². The van der Waals surface area contributed by atoms with Crippen LogP contribution in [-0.2, 0) is 9.53 Å². The predicted molar refractivity (Wildman–Crippen MR) is 49.2 cm³/mol. The third kappa shape index (κ3) is 1.61. The van der Waals surface area contributed by atoms with Crippen LogP contribution in [0.3, 0.4) is 0 Å². The Morgan fingerprint density at radius 1 is 1.69 bits per heavy atom. The van der Waals surface area contributed by atoms with Crippen LogP contribution in [0.1, 0.15) is 13.3 Å². The summed E-state index contributed by atoms with van der Waals surface area (Å²) < 4.78 is 4.96. The monoisotopic (exact) mass is 181 g/mol. The highest BCUT2D eigenvalue weighted by Crippen LogP contribution is 2.33. The Balaban J connectivity index is 1.99. The lowest BCUT2D eigenvalue weighted by Crippen LogP contribution is -2.12. The second kappa shape index (κ2) is 3.50. The summed E-state index contributed by atoms with van der Waals surface area (Å²) >= 11 is 0. The van der Waals surface area contributed by atoms with Gasteiger partial charge in [0.2, 0.25) is 0 Å². The lowest BCUT2D eigenvalue weighted by atomic mass is 10.00. The molecule has 0 radical (unpaired) electrons. The van der Waals surface area contributed by atoms with E-state index in [-0.39, 0.29) is 5.97 Å². The molecular weight excluding hydrogens is 166 g/mol. The molecule has 1 aliphatic heterocycles. The number of nitrogens with one attached hydrogen (secondary N) is 1. The van der Waals surface area contributed by atoms with Gasteiger partial charge in [-0.25, -0.2) is 4.79 Å². The minimum Gasteiger partial charge on any atom is -0.463 e. The molecule has 0 saturated carbocycles. The zero-order valence-corrected chi connectivity index (χ0v) is 7.88. The zero-order chi connectivity index (χ0) is 9.26. The van der Waals surface area contributed by atoms with Gasteiger partial charge in [-0.15, -0.1) is 0 Å². The molecule has 3 heteroatoms. The van der Waals surface area contributed by atoms with Crippen molar-refractivity contribution in [3.8, 4) is 0 Å². The summed E-state index contributed by atoms with van der Waals surface area (Å²) in [5, 5.41) is 3.32. The Kier molecular flexibility index (Phi) is 2.36. The Bertz CT molecular complexity index is 247. The van der Waals surface area contributed by atoms with Gasteiger partial charge in [0, 0.05) is 12.1 Å². The van der Waals surface area contributed by atoms with Gasteiger partial charge in [-0.05, 0) is 31.7 Å². The number of hydrogen-bond acceptors (Lipinski definition) is 3. The van der Waals surface area contributed by atoms with Crippen LogP contribution < -0.4 is 5.32 Å². The van der Waals surface area contributed by atoms with E-state index in [9.17, 15) is 4.79 Å². The summed E-state index contributed by atoms with van der Waals surface area (Å²) in [4.78, 5) is 11.4. The third-order valence-electron chi connectivity index (χ3n) is 2.83. The molecule has 2 atom stereocenters. The number of carbonyl (C=O) groups is 1. The van der Waals surface area contributed by atoms with Crippen LogP contribution in [0.2, 0.25) is 0 Å². The first-order valence-electron chi connectivity index (χ1n) is 4.89. The number of ether oxygens (including phenoxy) is 1. The van der Waals surface area contributed by atoms with Crippen molar-refractivity contribution in [2.45, 2.75) is 13.3 Å². The van der Waals surface area contributed by atoms with Gasteiger partial charge in [0.05, 0.1) is 6.61 Å². The van der Waals surface area contributed by atoms with Gasteiger partial charge in [-0.1, -0.05) is 6.08 Å². The average Bonchev–Trinajstić information content (AvgIpc) is 2.61. The fourth-order valence-corrected chi connectivity index (χ4v) is 2.16. The lowest BCUT2D eigenvalue weighted by molar-refractivity contribution is -0.138. The average molecular weight is 181 g/mol. The summed E-state index contributed by atoms with van der Waals surface area (Å²) in [5.41, 5.74) is 0.887. The fourth-order valence-electron chi connectivity index (χ4n) is 2.16. The van der Waals surface area contributed by atoms with Crippen molar-refractivity contribution < 1.29 is 9.53 Å². The fraction of sp³-hybridized carbons (Fsp3) is 0.700. The maximum atomic E-state index is 11.4. The highest BCUT2D eigenvalue weighted by molar-refractivity contribution is 5.89. The van der Waals surface area contributed by atoms with Crippen molar-refractivity contribution in [3.05, 3.63) is 11.6 Å². The quantitative estimate of drug-likeness (QED) is 0.638. The first-order valence-corrected chi connectivity index (χ1v) is 4.89. The lowest BCUT2D eigenvalue weighted by Gasteiger charge is -2.05. The van der Waals surface area contributed by atoms with E-state index in [1.807, 2.05) is 6.92 Å². The molecule has 1 N–H and O–H groups in total. The maximum absolute atomic E-state index is 11.4. The second-order valence-corrected chi connectivity index (χ2v) is 3.70. The van der Waals surface area contributed by atoms with E-state index in [2.05, 4.69) is 11.4 Å². The van der Waals surface area contributed by atoms with Crippen molar-refractivity contribution in [3.63, 3.8) is 0 Å². The molecule has 0 bridgehead atoms. The van der Waals surface area contributed by atoms with Gasteiger partial charge in [0.25, 0.3) is 0 Å². The second-order valence-electron chi connectivity index (χ2n) is 3.70. The maximum Gasteiger partial charge on any atom is 0.333 e. The van der Waals surface area contributed by atoms with E-state index in [4.69, 9.17) is 4.74 Å². The van der Waals surface area contributed by atoms with Crippen LogP contribution in [0.25, 0.3) is 0 Å². The van der Waals surface area contributed by atoms with Crippen LogP contribution in [0.5, 0.6) is 0 Å². The first kappa shape index (κ1) is 8.75. The van der Waals surface area contributed by atoms with Gasteiger partial charge < -0.3 is 10.1 Å². The van der Waals surface area contributed by atoms with E-state index in [0.717, 1.165) is 25.1 Å². The molecule has 1 aliphatic carbocycles. The van der Waals surface area contributed by atoms with Crippen LogP contribution in [-0.4, -0.2) is 25.7 Å². The highest BCUT2D eigenvalue weighted by Gasteiger charge is 2.34. The van der Waals surface area contributed by atoms with Crippen molar-refractivity contribution >= 4 is 5.97 Å². The minimum absolute atomic E-state index is 0.114. The standard InChI is InChI=1S/C10H15NO2/c1-2-13-10(12)7-3-8-5-11-6-9(8)4-7/h3,8-9,11H,2,4-6H2,1H3. The Morgan fingerprint density at radius 3 is 3.23 bits per heavy atom. The predicted octanol–water partition coefficient (Wildman–Crippen LogP) is 0.715. The molecule has 13 heavy (non-hydrogen) atoms. The topological polar surface area (TPSA) is 38.3 Å². The molecule has 72 valence electrons. The summed E-state index contributed by atoms with van der Waals surface area (Å²) in [6.45, 7) is 4.39. The molecule has 1 heterocycles. The van der Waals surface area contributed by atoms with E-state index < -0.39 is 0 Å². The zero-order valence-electron chi connectivity index (χ0n) is 7.88. The summed E-state index contributed by atoms with van der Waals surface area (Å²) in [6.07, 6.45) is 2.99. The SMILES string of the molecule is CCOC(=O)C1=CC2CNCC2C1. The Labute approximate surface area is 78.1 Å². The van der Waals surface area contributed by atoms with Gasteiger partial charge in [-0.2, -0.15) is 0 Å². The molecule has 0 aromatic rings. The van der Waals surface area contributed by atoms with Crippen molar-refractivity contribution in [2.24, 2.45) is 11.8 Å². The molecule has 2 rings (SSSR count). The van der Waals surface area contributed by atoms with E-state index in [1.165, 1.54) is 0 Å². The molecule has 2 unspecified atom stereocenters. The van der Waals surface area contributed by atoms with Crippen molar-refractivity contribution in [1.82, 2.24) is 5.32 Å². The smallest absolute Gasteiger partial charge is 0.333 e.